The molecular formula is C19H15ClN2O5. The number of hydrogen-bond donors (Lipinski definition) is 1. The summed E-state index contributed by atoms with van der Waals surface area (Å²) in [5.41, 5.74) is 2.20. The first-order chi connectivity index (χ1) is 13.0. The van der Waals surface area contributed by atoms with Crippen LogP contribution in [0.25, 0.3) is 22.6 Å². The highest BCUT2D eigenvalue weighted by molar-refractivity contribution is 6.33. The Kier molecular flexibility index (Phi) is 5.42. The van der Waals surface area contributed by atoms with Gasteiger partial charge in [0.15, 0.2) is 5.58 Å². The number of oxazole rings is 1. The van der Waals surface area contributed by atoms with Gasteiger partial charge in [0.25, 0.3) is 0 Å². The molecule has 1 heterocycles. The molecule has 1 N–H and O–H groups in total. The van der Waals surface area contributed by atoms with Crippen molar-refractivity contribution in [3.63, 3.8) is 0 Å². The summed E-state index contributed by atoms with van der Waals surface area (Å²) in [5, 5.41) is 3.34. The van der Waals surface area contributed by atoms with Crippen LogP contribution in [-0.2, 0) is 19.1 Å². The number of nitrogens with zero attached hydrogens (tertiary/aromatic N) is 1. The third kappa shape index (κ3) is 4.09. The molecule has 138 valence electrons. The summed E-state index contributed by atoms with van der Waals surface area (Å²) in [6.07, 6.45) is 1.01. The fourth-order valence-corrected chi connectivity index (χ4v) is 2.56. The summed E-state index contributed by atoms with van der Waals surface area (Å²) in [6.45, 7) is 0. The van der Waals surface area contributed by atoms with Crippen LogP contribution in [0.2, 0.25) is 5.02 Å². The predicted molar refractivity (Wildman–Crippen MR) is 100 cm³/mol. The smallest absolute Gasteiger partial charge is 0.354 e. The lowest BCUT2D eigenvalue weighted by Crippen LogP contribution is -2.15. The van der Waals surface area contributed by atoms with Crippen molar-refractivity contribution in [1.29, 1.82) is 0 Å². The minimum absolute atomic E-state index is 0.0745. The fraction of sp³-hybridized carbons (Fsp3) is 0.105. The zero-order chi connectivity index (χ0) is 19.4. The SMILES string of the molecule is COC(=O)/C=C(/Nc1ccc2nc(-c3ccccc3Cl)oc2c1)C(=O)OC. The standard InChI is InChI=1S/C19H15ClN2O5/c1-25-17(23)10-15(19(24)26-2)21-11-7-8-14-16(9-11)27-18(22-14)12-5-3-4-6-13(12)20/h3-10,21H,1-2H3/b15-10+. The van der Waals surface area contributed by atoms with Gasteiger partial charge in [0, 0.05) is 11.8 Å². The van der Waals surface area contributed by atoms with Crippen LogP contribution in [0.3, 0.4) is 0 Å². The van der Waals surface area contributed by atoms with Gasteiger partial charge in [0.1, 0.15) is 11.2 Å². The second kappa shape index (κ2) is 7.92. The van der Waals surface area contributed by atoms with E-state index in [0.29, 0.717) is 33.3 Å². The Hall–Kier alpha value is -3.32. The van der Waals surface area contributed by atoms with E-state index in [1.165, 1.54) is 14.2 Å². The molecule has 0 fully saturated rings. The van der Waals surface area contributed by atoms with Gasteiger partial charge >= 0.3 is 11.9 Å². The molecule has 0 radical (unpaired) electrons. The van der Waals surface area contributed by atoms with Gasteiger partial charge in [-0.05, 0) is 24.3 Å². The first-order valence-corrected chi connectivity index (χ1v) is 8.20. The molecule has 0 aliphatic carbocycles. The van der Waals surface area contributed by atoms with Gasteiger partial charge in [-0.1, -0.05) is 23.7 Å². The van der Waals surface area contributed by atoms with Crippen LogP contribution in [-0.4, -0.2) is 31.1 Å². The van der Waals surface area contributed by atoms with Gasteiger partial charge < -0.3 is 19.2 Å². The zero-order valence-electron chi connectivity index (χ0n) is 14.5. The van der Waals surface area contributed by atoms with Crippen LogP contribution >= 0.6 is 11.6 Å². The number of rotatable bonds is 5. The number of fused-ring (bicyclic) bond motifs is 1. The Morgan fingerprint density at radius 2 is 1.93 bits per heavy atom. The molecule has 0 unspecified atom stereocenters. The number of esters is 2. The maximum absolute atomic E-state index is 11.8. The Labute approximate surface area is 159 Å². The second-order valence-corrected chi connectivity index (χ2v) is 5.79. The molecule has 3 aromatic rings. The highest BCUT2D eigenvalue weighted by atomic mass is 35.5. The van der Waals surface area contributed by atoms with Crippen molar-refractivity contribution in [2.45, 2.75) is 0 Å². The van der Waals surface area contributed by atoms with Gasteiger partial charge in [-0.2, -0.15) is 0 Å². The Morgan fingerprint density at radius 3 is 2.63 bits per heavy atom. The van der Waals surface area contributed by atoms with Crippen molar-refractivity contribution in [3.05, 3.63) is 59.3 Å². The summed E-state index contributed by atoms with van der Waals surface area (Å²) < 4.78 is 15.0. The van der Waals surface area contributed by atoms with Gasteiger partial charge in [0.2, 0.25) is 5.89 Å². The lowest BCUT2D eigenvalue weighted by molar-refractivity contribution is -0.138. The average Bonchev–Trinajstić information content (AvgIpc) is 3.10. The van der Waals surface area contributed by atoms with Gasteiger partial charge in [-0.15, -0.1) is 0 Å². The van der Waals surface area contributed by atoms with Crippen molar-refractivity contribution >= 4 is 40.3 Å². The molecule has 0 amide bonds. The third-order valence-corrected chi connectivity index (χ3v) is 3.97. The van der Waals surface area contributed by atoms with Crippen molar-refractivity contribution in [2.24, 2.45) is 0 Å². The Bertz CT molecular complexity index is 1040. The van der Waals surface area contributed by atoms with Crippen LogP contribution in [0.15, 0.2) is 58.7 Å². The zero-order valence-corrected chi connectivity index (χ0v) is 15.2. The van der Waals surface area contributed by atoms with E-state index in [1.54, 1.807) is 30.3 Å². The first kappa shape index (κ1) is 18.5. The number of aromatic nitrogens is 1. The lowest BCUT2D eigenvalue weighted by atomic mass is 10.2. The highest BCUT2D eigenvalue weighted by Crippen LogP contribution is 2.30. The molecule has 0 atom stereocenters. The summed E-state index contributed by atoms with van der Waals surface area (Å²) in [4.78, 5) is 27.7. The van der Waals surface area contributed by atoms with E-state index in [9.17, 15) is 9.59 Å². The molecule has 0 aliphatic heterocycles. The number of nitrogens with one attached hydrogen (secondary N) is 1. The predicted octanol–water partition coefficient (Wildman–Crippen LogP) is 3.79. The largest absolute Gasteiger partial charge is 0.466 e. The number of benzene rings is 2. The molecule has 0 spiro atoms. The van der Waals surface area contributed by atoms with E-state index in [1.807, 2.05) is 12.1 Å². The highest BCUT2D eigenvalue weighted by Gasteiger charge is 2.15. The number of carbonyl (C=O) groups excluding carboxylic acids is 2. The lowest BCUT2D eigenvalue weighted by Gasteiger charge is -2.08. The van der Waals surface area contributed by atoms with Crippen LogP contribution in [0, 0.1) is 0 Å². The molecule has 0 bridgehead atoms. The summed E-state index contributed by atoms with van der Waals surface area (Å²) in [5.74, 6) is -1.02. The van der Waals surface area contributed by atoms with E-state index < -0.39 is 11.9 Å². The minimum Gasteiger partial charge on any atom is -0.466 e. The number of hydrogen-bond acceptors (Lipinski definition) is 7. The summed E-state index contributed by atoms with van der Waals surface area (Å²) >= 11 is 6.18. The topological polar surface area (TPSA) is 90.7 Å². The number of methoxy groups -OCH3 is 2. The molecule has 7 nitrogen and oxygen atoms in total. The monoisotopic (exact) mass is 386 g/mol. The van der Waals surface area contributed by atoms with E-state index in [-0.39, 0.29) is 5.70 Å². The van der Waals surface area contributed by atoms with Crippen LogP contribution in [0.5, 0.6) is 0 Å². The minimum atomic E-state index is -0.713. The molecule has 3 rings (SSSR count). The number of halogens is 1. The van der Waals surface area contributed by atoms with Gasteiger partial charge in [-0.3, -0.25) is 0 Å². The van der Waals surface area contributed by atoms with Crippen molar-refractivity contribution in [2.75, 3.05) is 19.5 Å². The van der Waals surface area contributed by atoms with Gasteiger partial charge in [-0.25, -0.2) is 14.6 Å². The first-order valence-electron chi connectivity index (χ1n) is 7.82. The molecule has 27 heavy (non-hydrogen) atoms. The average molecular weight is 387 g/mol. The van der Waals surface area contributed by atoms with Crippen LogP contribution < -0.4 is 5.32 Å². The molecule has 0 saturated carbocycles. The normalized spacial score (nSPS) is 11.3. The maximum Gasteiger partial charge on any atom is 0.354 e. The third-order valence-electron chi connectivity index (χ3n) is 3.64. The maximum atomic E-state index is 11.8. The summed E-state index contributed by atoms with van der Waals surface area (Å²) in [7, 11) is 2.43. The molecule has 0 aliphatic rings. The van der Waals surface area contributed by atoms with Crippen LogP contribution in [0.4, 0.5) is 5.69 Å². The van der Waals surface area contributed by atoms with Crippen molar-refractivity contribution in [1.82, 2.24) is 4.98 Å². The molecular weight excluding hydrogens is 372 g/mol. The van der Waals surface area contributed by atoms with Crippen molar-refractivity contribution in [3.8, 4) is 11.5 Å². The van der Waals surface area contributed by atoms with Gasteiger partial charge in [0.05, 0.1) is 30.9 Å². The van der Waals surface area contributed by atoms with Crippen LogP contribution in [0.1, 0.15) is 0 Å². The fourth-order valence-electron chi connectivity index (χ4n) is 2.34. The number of ether oxygens (including phenoxy) is 2. The Morgan fingerprint density at radius 1 is 1.15 bits per heavy atom. The van der Waals surface area contributed by atoms with E-state index in [2.05, 4.69) is 19.8 Å². The van der Waals surface area contributed by atoms with E-state index in [0.717, 1.165) is 6.08 Å². The quantitative estimate of drug-likeness (QED) is 0.527. The molecule has 8 heteroatoms. The summed E-state index contributed by atoms with van der Waals surface area (Å²) in [6, 6.07) is 12.3. The Balaban J connectivity index is 1.94. The van der Waals surface area contributed by atoms with E-state index in [4.69, 9.17) is 16.0 Å². The number of carbonyl (C=O) groups is 2. The molecule has 0 saturated heterocycles. The van der Waals surface area contributed by atoms with E-state index >= 15 is 0 Å². The molecule has 1 aromatic heterocycles. The van der Waals surface area contributed by atoms with Crippen molar-refractivity contribution < 1.29 is 23.5 Å². The number of anilines is 1. The molecule has 2 aromatic carbocycles. The second-order valence-electron chi connectivity index (χ2n) is 5.38.